The normalized spacial score (nSPS) is 10.4. The number of aryl methyl sites for hydroxylation is 1. The second kappa shape index (κ2) is 6.50. The maximum absolute atomic E-state index is 11.6. The van der Waals surface area contributed by atoms with Gasteiger partial charge in [-0.2, -0.15) is 5.10 Å². The number of rotatable bonds is 6. The van der Waals surface area contributed by atoms with E-state index in [0.717, 1.165) is 6.42 Å². The third-order valence-corrected chi connectivity index (χ3v) is 2.34. The Hall–Kier alpha value is -1.07. The molecule has 0 atom stereocenters. The monoisotopic (exact) mass is 245 g/mol. The number of halogens is 1. The van der Waals surface area contributed by atoms with Gasteiger partial charge in [0.25, 0.3) is 5.91 Å². The highest BCUT2D eigenvalue weighted by Gasteiger charge is 2.14. The predicted molar refractivity (Wildman–Crippen MR) is 61.7 cm³/mol. The molecule has 1 aromatic rings. The Bertz CT molecular complexity index is 352. The standard InChI is InChI=1S/C10H16ClN3O2/c1-3-14-7-8(11)9(13-14)10(15)12-5-4-6-16-2/h7H,3-6H2,1-2H3,(H,12,15). The minimum atomic E-state index is -0.242. The van der Waals surface area contributed by atoms with Crippen LogP contribution in [0.2, 0.25) is 5.02 Å². The summed E-state index contributed by atoms with van der Waals surface area (Å²) in [4.78, 5) is 11.6. The minimum Gasteiger partial charge on any atom is -0.385 e. The maximum atomic E-state index is 11.6. The molecule has 0 bridgehead atoms. The fraction of sp³-hybridized carbons (Fsp3) is 0.600. The molecule has 90 valence electrons. The first kappa shape index (κ1) is 13.0. The molecule has 0 unspecified atom stereocenters. The molecule has 1 amide bonds. The lowest BCUT2D eigenvalue weighted by atomic mass is 10.4. The van der Waals surface area contributed by atoms with Gasteiger partial charge in [0, 0.05) is 33.0 Å². The number of hydrogen-bond acceptors (Lipinski definition) is 3. The average molecular weight is 246 g/mol. The molecule has 5 nitrogen and oxygen atoms in total. The van der Waals surface area contributed by atoms with Crippen molar-refractivity contribution in [3.8, 4) is 0 Å². The summed E-state index contributed by atoms with van der Waals surface area (Å²) in [6.07, 6.45) is 2.42. The van der Waals surface area contributed by atoms with E-state index in [2.05, 4.69) is 10.4 Å². The summed E-state index contributed by atoms with van der Waals surface area (Å²) < 4.78 is 6.51. The Labute approximate surface area is 99.7 Å². The Morgan fingerprint density at radius 2 is 2.44 bits per heavy atom. The van der Waals surface area contributed by atoms with Gasteiger partial charge in [0.05, 0.1) is 5.02 Å². The van der Waals surface area contributed by atoms with Gasteiger partial charge >= 0.3 is 0 Å². The predicted octanol–water partition coefficient (Wildman–Crippen LogP) is 1.32. The van der Waals surface area contributed by atoms with Gasteiger partial charge in [-0.25, -0.2) is 0 Å². The van der Waals surface area contributed by atoms with Crippen LogP contribution < -0.4 is 5.32 Å². The highest BCUT2D eigenvalue weighted by atomic mass is 35.5. The van der Waals surface area contributed by atoms with Crippen LogP contribution in [0.5, 0.6) is 0 Å². The van der Waals surface area contributed by atoms with Crippen molar-refractivity contribution in [1.29, 1.82) is 0 Å². The molecule has 0 saturated heterocycles. The van der Waals surface area contributed by atoms with Gasteiger partial charge in [-0.05, 0) is 13.3 Å². The van der Waals surface area contributed by atoms with Crippen molar-refractivity contribution in [2.45, 2.75) is 19.9 Å². The van der Waals surface area contributed by atoms with Crippen molar-refractivity contribution in [3.63, 3.8) is 0 Å². The molecule has 1 rings (SSSR count). The second-order valence-electron chi connectivity index (χ2n) is 3.28. The lowest BCUT2D eigenvalue weighted by Gasteiger charge is -2.02. The number of hydrogen-bond donors (Lipinski definition) is 1. The molecule has 16 heavy (non-hydrogen) atoms. The van der Waals surface area contributed by atoms with E-state index in [1.54, 1.807) is 18.0 Å². The molecule has 6 heteroatoms. The largest absolute Gasteiger partial charge is 0.385 e. The van der Waals surface area contributed by atoms with E-state index in [1.807, 2.05) is 6.92 Å². The molecule has 0 radical (unpaired) electrons. The van der Waals surface area contributed by atoms with Gasteiger partial charge in [-0.3, -0.25) is 9.48 Å². The first-order valence-corrected chi connectivity index (χ1v) is 5.57. The van der Waals surface area contributed by atoms with Gasteiger partial charge in [-0.1, -0.05) is 11.6 Å². The van der Waals surface area contributed by atoms with Gasteiger partial charge in [-0.15, -0.1) is 0 Å². The summed E-state index contributed by atoms with van der Waals surface area (Å²) in [6, 6.07) is 0. The van der Waals surface area contributed by atoms with Gasteiger partial charge in [0.1, 0.15) is 0 Å². The first-order chi connectivity index (χ1) is 7.69. The van der Waals surface area contributed by atoms with Gasteiger partial charge in [0.2, 0.25) is 0 Å². The average Bonchev–Trinajstić information content (AvgIpc) is 2.66. The summed E-state index contributed by atoms with van der Waals surface area (Å²) in [5.74, 6) is -0.242. The number of nitrogens with one attached hydrogen (secondary N) is 1. The molecule has 0 aromatic carbocycles. The van der Waals surface area contributed by atoms with E-state index >= 15 is 0 Å². The van der Waals surface area contributed by atoms with E-state index in [4.69, 9.17) is 16.3 Å². The fourth-order valence-electron chi connectivity index (χ4n) is 1.22. The van der Waals surface area contributed by atoms with Crippen molar-refractivity contribution >= 4 is 17.5 Å². The summed E-state index contributed by atoms with van der Waals surface area (Å²) in [6.45, 7) is 3.81. The molecule has 0 aliphatic heterocycles. The van der Waals surface area contributed by atoms with Crippen LogP contribution in [0.25, 0.3) is 0 Å². The summed E-state index contributed by atoms with van der Waals surface area (Å²) in [5, 5.41) is 7.18. The number of methoxy groups -OCH3 is 1. The van der Waals surface area contributed by atoms with Crippen LogP contribution in [0, 0.1) is 0 Å². The van der Waals surface area contributed by atoms with Crippen LogP contribution in [0.1, 0.15) is 23.8 Å². The third-order valence-electron chi connectivity index (χ3n) is 2.07. The fourth-order valence-corrected chi connectivity index (χ4v) is 1.45. The van der Waals surface area contributed by atoms with Crippen molar-refractivity contribution in [2.24, 2.45) is 0 Å². The summed E-state index contributed by atoms with van der Waals surface area (Å²) in [7, 11) is 1.63. The van der Waals surface area contributed by atoms with Gasteiger partial charge < -0.3 is 10.1 Å². The molecule has 1 aromatic heterocycles. The number of carbonyl (C=O) groups excluding carboxylic acids is 1. The smallest absolute Gasteiger partial charge is 0.273 e. The van der Waals surface area contributed by atoms with E-state index in [9.17, 15) is 4.79 Å². The minimum absolute atomic E-state index is 0.242. The van der Waals surface area contributed by atoms with E-state index in [1.165, 1.54) is 0 Å². The topological polar surface area (TPSA) is 56.2 Å². The Morgan fingerprint density at radius 3 is 3.00 bits per heavy atom. The van der Waals surface area contributed by atoms with Crippen molar-refractivity contribution in [2.75, 3.05) is 20.3 Å². The molecule has 1 N–H and O–H groups in total. The molecule has 0 spiro atoms. The van der Waals surface area contributed by atoms with Crippen LogP contribution in [-0.2, 0) is 11.3 Å². The lowest BCUT2D eigenvalue weighted by molar-refractivity contribution is 0.0943. The van der Waals surface area contributed by atoms with E-state index in [-0.39, 0.29) is 11.6 Å². The zero-order chi connectivity index (χ0) is 12.0. The third kappa shape index (κ3) is 3.50. The first-order valence-electron chi connectivity index (χ1n) is 5.19. The Kier molecular flexibility index (Phi) is 5.28. The number of nitrogens with zero attached hydrogens (tertiary/aromatic N) is 2. The van der Waals surface area contributed by atoms with Crippen molar-refractivity contribution < 1.29 is 9.53 Å². The second-order valence-corrected chi connectivity index (χ2v) is 3.69. The van der Waals surface area contributed by atoms with E-state index < -0.39 is 0 Å². The number of amides is 1. The highest BCUT2D eigenvalue weighted by molar-refractivity contribution is 6.33. The highest BCUT2D eigenvalue weighted by Crippen LogP contribution is 2.13. The molecule has 0 aliphatic carbocycles. The zero-order valence-corrected chi connectivity index (χ0v) is 10.3. The molecular formula is C10H16ClN3O2. The number of carbonyl (C=O) groups is 1. The molecular weight excluding hydrogens is 230 g/mol. The van der Waals surface area contributed by atoms with Crippen molar-refractivity contribution in [1.82, 2.24) is 15.1 Å². The van der Waals surface area contributed by atoms with E-state index in [0.29, 0.717) is 24.7 Å². The van der Waals surface area contributed by atoms with Crippen LogP contribution in [0.15, 0.2) is 6.20 Å². The Morgan fingerprint density at radius 1 is 1.69 bits per heavy atom. The summed E-state index contributed by atoms with van der Waals surface area (Å²) in [5.41, 5.74) is 0.279. The van der Waals surface area contributed by atoms with Crippen molar-refractivity contribution in [3.05, 3.63) is 16.9 Å². The Balaban J connectivity index is 2.49. The van der Waals surface area contributed by atoms with Crippen LogP contribution in [0.3, 0.4) is 0 Å². The van der Waals surface area contributed by atoms with Crippen LogP contribution >= 0.6 is 11.6 Å². The molecule has 1 heterocycles. The SMILES string of the molecule is CCn1cc(Cl)c(C(=O)NCCCOC)n1. The molecule has 0 saturated carbocycles. The summed E-state index contributed by atoms with van der Waals surface area (Å²) >= 11 is 5.89. The van der Waals surface area contributed by atoms with Crippen LogP contribution in [-0.4, -0.2) is 35.9 Å². The molecule has 0 fully saturated rings. The number of aromatic nitrogens is 2. The lowest BCUT2D eigenvalue weighted by Crippen LogP contribution is -2.26. The quantitative estimate of drug-likeness (QED) is 0.770. The zero-order valence-electron chi connectivity index (χ0n) is 9.49. The molecule has 0 aliphatic rings. The number of ether oxygens (including phenoxy) is 1. The maximum Gasteiger partial charge on any atom is 0.273 e. The van der Waals surface area contributed by atoms with Gasteiger partial charge in [0.15, 0.2) is 5.69 Å². The van der Waals surface area contributed by atoms with Crippen LogP contribution in [0.4, 0.5) is 0 Å².